The van der Waals surface area contributed by atoms with E-state index in [1.165, 1.54) is 0 Å². The highest BCUT2D eigenvalue weighted by Crippen LogP contribution is 2.32. The number of pyridine rings is 1. The van der Waals surface area contributed by atoms with Crippen molar-refractivity contribution in [1.29, 1.82) is 0 Å². The molecule has 0 atom stereocenters. The van der Waals surface area contributed by atoms with Crippen LogP contribution in [0.2, 0.25) is 0 Å². The summed E-state index contributed by atoms with van der Waals surface area (Å²) in [4.78, 5) is 8.88. The molecule has 3 rings (SSSR count). The Bertz CT molecular complexity index is 744. The lowest BCUT2D eigenvalue weighted by Crippen LogP contribution is -2.28. The second-order valence-electron chi connectivity index (χ2n) is 6.64. The van der Waals surface area contributed by atoms with E-state index in [1.54, 1.807) is 6.20 Å². The van der Waals surface area contributed by atoms with E-state index in [0.717, 1.165) is 29.3 Å². The van der Waals surface area contributed by atoms with Gasteiger partial charge >= 0.3 is 0 Å². The second-order valence-corrected chi connectivity index (χ2v) is 6.64. The van der Waals surface area contributed by atoms with E-state index in [2.05, 4.69) is 29.1 Å². The van der Waals surface area contributed by atoms with Crippen LogP contribution in [0.1, 0.15) is 26.0 Å². The van der Waals surface area contributed by atoms with Crippen molar-refractivity contribution in [1.82, 2.24) is 4.98 Å². The first-order chi connectivity index (χ1) is 12.0. The number of aliphatic imine (C=N–C) groups is 1. The maximum absolute atomic E-state index is 6.04. The summed E-state index contributed by atoms with van der Waals surface area (Å²) < 4.78 is 11.3. The van der Waals surface area contributed by atoms with Crippen molar-refractivity contribution in [2.24, 2.45) is 10.7 Å². The zero-order valence-corrected chi connectivity index (χ0v) is 14.7. The van der Waals surface area contributed by atoms with Crippen molar-refractivity contribution in [2.45, 2.75) is 25.7 Å². The molecular weight excluding hydrogens is 316 g/mol. The molecule has 0 unspecified atom stereocenters. The lowest BCUT2D eigenvalue weighted by molar-refractivity contribution is 0.297. The first-order valence-corrected chi connectivity index (χ1v) is 8.43. The number of benzene rings is 1. The monoisotopic (exact) mass is 340 g/mol. The number of aromatic nitrogens is 1. The van der Waals surface area contributed by atoms with Gasteiger partial charge in [-0.2, -0.15) is 0 Å². The number of hydrogen-bond donors (Lipinski definition) is 2. The van der Waals surface area contributed by atoms with Crippen LogP contribution in [0.15, 0.2) is 47.6 Å². The summed E-state index contributed by atoms with van der Waals surface area (Å²) in [7, 11) is 0. The maximum Gasteiger partial charge on any atom is 0.193 e. The fraction of sp³-hybridized carbons (Fsp3) is 0.368. The number of rotatable bonds is 4. The molecule has 2 aromatic rings. The standard InChI is InChI=1S/C19H24N4O2/c1-19(2,17-6-3-4-9-21-17)13-22-18(20)23-14-7-8-15-16(12-14)25-11-5-10-24-15/h3-4,6-9,12H,5,10-11,13H2,1-2H3,(H3,20,22,23). The normalized spacial score (nSPS) is 14.7. The van der Waals surface area contributed by atoms with E-state index >= 15 is 0 Å². The number of hydrogen-bond acceptors (Lipinski definition) is 4. The van der Waals surface area contributed by atoms with Gasteiger partial charge in [-0.1, -0.05) is 19.9 Å². The number of anilines is 1. The van der Waals surface area contributed by atoms with E-state index in [0.29, 0.717) is 25.7 Å². The van der Waals surface area contributed by atoms with Crippen LogP contribution < -0.4 is 20.5 Å². The molecule has 0 saturated carbocycles. The van der Waals surface area contributed by atoms with Crippen molar-refractivity contribution < 1.29 is 9.47 Å². The largest absolute Gasteiger partial charge is 0.490 e. The Hall–Kier alpha value is -2.76. The van der Waals surface area contributed by atoms with Gasteiger partial charge in [0.2, 0.25) is 0 Å². The van der Waals surface area contributed by atoms with Crippen LogP contribution in [0.3, 0.4) is 0 Å². The molecular formula is C19H24N4O2. The number of nitrogens with one attached hydrogen (secondary N) is 1. The van der Waals surface area contributed by atoms with Gasteiger partial charge < -0.3 is 20.5 Å². The van der Waals surface area contributed by atoms with Gasteiger partial charge in [-0.05, 0) is 24.3 Å². The zero-order valence-electron chi connectivity index (χ0n) is 14.7. The minimum atomic E-state index is -0.196. The third-order valence-electron chi connectivity index (χ3n) is 4.02. The maximum atomic E-state index is 6.04. The third kappa shape index (κ3) is 4.41. The number of ether oxygens (including phenoxy) is 2. The molecule has 6 heteroatoms. The summed E-state index contributed by atoms with van der Waals surface area (Å²) in [5, 5.41) is 3.11. The molecule has 2 heterocycles. The van der Waals surface area contributed by atoms with Gasteiger partial charge in [0, 0.05) is 35.5 Å². The van der Waals surface area contributed by atoms with E-state index in [-0.39, 0.29) is 5.41 Å². The molecule has 132 valence electrons. The fourth-order valence-electron chi connectivity index (χ4n) is 2.56. The first-order valence-electron chi connectivity index (χ1n) is 8.43. The van der Waals surface area contributed by atoms with E-state index < -0.39 is 0 Å². The Balaban J connectivity index is 1.66. The molecule has 0 spiro atoms. The quantitative estimate of drug-likeness (QED) is 0.660. The topological polar surface area (TPSA) is 81.8 Å². The highest BCUT2D eigenvalue weighted by molar-refractivity contribution is 5.92. The van der Waals surface area contributed by atoms with Gasteiger partial charge in [-0.15, -0.1) is 0 Å². The van der Waals surface area contributed by atoms with Gasteiger partial charge in [0.15, 0.2) is 17.5 Å². The Kier molecular flexibility index (Phi) is 5.07. The van der Waals surface area contributed by atoms with Gasteiger partial charge in [0.25, 0.3) is 0 Å². The molecule has 0 aliphatic carbocycles. The molecule has 0 fully saturated rings. The molecule has 3 N–H and O–H groups in total. The minimum absolute atomic E-state index is 0.196. The van der Waals surface area contributed by atoms with Crippen molar-refractivity contribution in [2.75, 3.05) is 25.1 Å². The minimum Gasteiger partial charge on any atom is -0.490 e. The SMILES string of the molecule is CC(C)(CN=C(N)Nc1ccc2c(c1)OCCCO2)c1ccccn1. The van der Waals surface area contributed by atoms with Crippen LogP contribution in [0.5, 0.6) is 11.5 Å². The Morgan fingerprint density at radius 1 is 1.20 bits per heavy atom. The molecule has 6 nitrogen and oxygen atoms in total. The van der Waals surface area contributed by atoms with Gasteiger partial charge in [-0.3, -0.25) is 9.98 Å². The molecule has 25 heavy (non-hydrogen) atoms. The highest BCUT2D eigenvalue weighted by Gasteiger charge is 2.21. The van der Waals surface area contributed by atoms with Crippen molar-refractivity contribution in [3.8, 4) is 11.5 Å². The fourth-order valence-corrected chi connectivity index (χ4v) is 2.56. The second kappa shape index (κ2) is 7.42. The number of nitrogens with two attached hydrogens (primary N) is 1. The van der Waals surface area contributed by atoms with E-state index in [1.807, 2.05) is 36.4 Å². The number of nitrogens with zero attached hydrogens (tertiary/aromatic N) is 2. The van der Waals surface area contributed by atoms with Crippen LogP contribution in [0.4, 0.5) is 5.69 Å². The average Bonchev–Trinajstić information content (AvgIpc) is 2.86. The van der Waals surface area contributed by atoms with E-state index in [9.17, 15) is 0 Å². The van der Waals surface area contributed by atoms with Crippen molar-refractivity contribution in [3.05, 3.63) is 48.3 Å². The summed E-state index contributed by atoms with van der Waals surface area (Å²) in [6, 6.07) is 11.6. The van der Waals surface area contributed by atoms with Crippen LogP contribution in [-0.4, -0.2) is 30.7 Å². The van der Waals surface area contributed by atoms with Gasteiger partial charge in [-0.25, -0.2) is 0 Å². The number of guanidine groups is 1. The summed E-state index contributed by atoms with van der Waals surface area (Å²) >= 11 is 0. The summed E-state index contributed by atoms with van der Waals surface area (Å²) in [6.07, 6.45) is 2.67. The molecule has 1 aromatic heterocycles. The third-order valence-corrected chi connectivity index (χ3v) is 4.02. The van der Waals surface area contributed by atoms with Crippen molar-refractivity contribution in [3.63, 3.8) is 0 Å². The van der Waals surface area contributed by atoms with Crippen LogP contribution in [-0.2, 0) is 5.41 Å². The van der Waals surface area contributed by atoms with Crippen LogP contribution in [0.25, 0.3) is 0 Å². The van der Waals surface area contributed by atoms with Gasteiger partial charge in [0.1, 0.15) is 0 Å². The van der Waals surface area contributed by atoms with E-state index in [4.69, 9.17) is 15.2 Å². The Labute approximate surface area is 148 Å². The Morgan fingerprint density at radius 3 is 2.76 bits per heavy atom. The zero-order chi connectivity index (χ0) is 17.7. The molecule has 1 aliphatic heterocycles. The molecule has 1 aromatic carbocycles. The smallest absolute Gasteiger partial charge is 0.193 e. The molecule has 0 saturated heterocycles. The first kappa shape index (κ1) is 17.1. The summed E-state index contributed by atoms with van der Waals surface area (Å²) in [6.45, 7) is 6.05. The predicted molar refractivity (Wildman–Crippen MR) is 99.4 cm³/mol. The van der Waals surface area contributed by atoms with Crippen LogP contribution in [0, 0.1) is 0 Å². The van der Waals surface area contributed by atoms with Gasteiger partial charge in [0.05, 0.1) is 19.8 Å². The average molecular weight is 340 g/mol. The van der Waals surface area contributed by atoms with Crippen molar-refractivity contribution >= 4 is 11.6 Å². The number of fused-ring (bicyclic) bond motifs is 1. The lowest BCUT2D eigenvalue weighted by Gasteiger charge is -2.21. The molecule has 0 bridgehead atoms. The Morgan fingerprint density at radius 2 is 2.00 bits per heavy atom. The summed E-state index contributed by atoms with van der Waals surface area (Å²) in [5.74, 6) is 1.84. The molecule has 0 amide bonds. The van der Waals surface area contributed by atoms with Crippen LogP contribution >= 0.6 is 0 Å². The predicted octanol–water partition coefficient (Wildman–Crippen LogP) is 2.95. The molecule has 1 aliphatic rings. The molecule has 0 radical (unpaired) electrons. The summed E-state index contributed by atoms with van der Waals surface area (Å²) in [5.41, 5.74) is 7.66. The highest BCUT2D eigenvalue weighted by atomic mass is 16.5. The lowest BCUT2D eigenvalue weighted by atomic mass is 9.89.